The average Bonchev–Trinajstić information content (AvgIpc) is 2.16. The van der Waals surface area contributed by atoms with E-state index in [9.17, 15) is 9.59 Å². The second-order valence-corrected chi connectivity index (χ2v) is 3.76. The third kappa shape index (κ3) is 1.65. The second kappa shape index (κ2) is 3.25. The van der Waals surface area contributed by atoms with Crippen molar-refractivity contribution in [1.82, 2.24) is 0 Å². The van der Waals surface area contributed by atoms with Gasteiger partial charge in [-0.05, 0) is 12.3 Å². The van der Waals surface area contributed by atoms with Crippen LogP contribution in [0.4, 0.5) is 0 Å². The van der Waals surface area contributed by atoms with Gasteiger partial charge in [-0.25, -0.2) is 0 Å². The molecule has 0 N–H and O–H groups in total. The molecule has 1 fully saturated rings. The highest BCUT2D eigenvalue weighted by Gasteiger charge is 2.40. The van der Waals surface area contributed by atoms with Gasteiger partial charge in [0.1, 0.15) is 0 Å². The molecule has 2 atom stereocenters. The number of carbonyl (C=O) groups is 2. The molecule has 1 aliphatic heterocycles. The van der Waals surface area contributed by atoms with Crippen LogP contribution in [0.1, 0.15) is 27.2 Å². The Balaban J connectivity index is 2.63. The summed E-state index contributed by atoms with van der Waals surface area (Å²) in [7, 11) is 0. The van der Waals surface area contributed by atoms with E-state index in [1.807, 2.05) is 13.8 Å². The Hall–Kier alpha value is -0.860. The number of ether oxygens (including phenoxy) is 1. The van der Waals surface area contributed by atoms with Crippen LogP contribution in [-0.4, -0.2) is 11.9 Å². The van der Waals surface area contributed by atoms with E-state index in [4.69, 9.17) is 0 Å². The predicted octanol–water partition coefficient (Wildman–Crippen LogP) is 1.37. The van der Waals surface area contributed by atoms with Crippen molar-refractivity contribution in [2.24, 2.45) is 17.8 Å². The van der Waals surface area contributed by atoms with Gasteiger partial charge in [0, 0.05) is 0 Å². The van der Waals surface area contributed by atoms with Gasteiger partial charge in [-0.1, -0.05) is 20.8 Å². The van der Waals surface area contributed by atoms with Crippen LogP contribution in [0.2, 0.25) is 0 Å². The van der Waals surface area contributed by atoms with Gasteiger partial charge in [-0.15, -0.1) is 0 Å². The highest BCUT2D eigenvalue weighted by Crippen LogP contribution is 2.28. The molecule has 12 heavy (non-hydrogen) atoms. The van der Waals surface area contributed by atoms with E-state index in [1.165, 1.54) is 0 Å². The molecule has 1 aliphatic rings. The van der Waals surface area contributed by atoms with Crippen molar-refractivity contribution in [3.05, 3.63) is 0 Å². The van der Waals surface area contributed by atoms with Gasteiger partial charge in [0.05, 0.1) is 11.8 Å². The molecule has 0 amide bonds. The Morgan fingerprint density at radius 2 is 1.92 bits per heavy atom. The Kier molecular flexibility index (Phi) is 2.50. The zero-order valence-corrected chi connectivity index (χ0v) is 7.66. The molecular formula is C9H14O3. The minimum absolute atomic E-state index is 0.211. The molecular weight excluding hydrogens is 156 g/mol. The monoisotopic (exact) mass is 170 g/mol. The van der Waals surface area contributed by atoms with E-state index < -0.39 is 0 Å². The van der Waals surface area contributed by atoms with Crippen molar-refractivity contribution < 1.29 is 14.3 Å². The van der Waals surface area contributed by atoms with Crippen molar-refractivity contribution >= 4 is 11.9 Å². The molecule has 0 spiro atoms. The van der Waals surface area contributed by atoms with Gasteiger partial charge in [0.2, 0.25) is 0 Å². The van der Waals surface area contributed by atoms with Crippen LogP contribution in [0.15, 0.2) is 0 Å². The fourth-order valence-electron chi connectivity index (χ4n) is 1.44. The summed E-state index contributed by atoms with van der Waals surface area (Å²) in [6.45, 7) is 5.81. The van der Waals surface area contributed by atoms with Gasteiger partial charge in [0.25, 0.3) is 0 Å². The highest BCUT2D eigenvalue weighted by atomic mass is 16.6. The lowest BCUT2D eigenvalue weighted by molar-refractivity contribution is -0.153. The second-order valence-electron chi connectivity index (χ2n) is 3.76. The molecule has 3 heteroatoms. The third-order valence-corrected chi connectivity index (χ3v) is 2.20. The summed E-state index contributed by atoms with van der Waals surface area (Å²) in [4.78, 5) is 22.0. The first-order valence-electron chi connectivity index (χ1n) is 4.28. The molecule has 1 heterocycles. The summed E-state index contributed by atoms with van der Waals surface area (Å²) in [5.74, 6) is -0.750. The van der Waals surface area contributed by atoms with Crippen LogP contribution in [-0.2, 0) is 14.3 Å². The van der Waals surface area contributed by atoms with Gasteiger partial charge >= 0.3 is 11.9 Å². The molecule has 1 saturated heterocycles. The quantitative estimate of drug-likeness (QED) is 0.464. The first kappa shape index (κ1) is 9.23. The van der Waals surface area contributed by atoms with Crippen LogP contribution in [0.3, 0.4) is 0 Å². The predicted molar refractivity (Wildman–Crippen MR) is 43.2 cm³/mol. The summed E-state index contributed by atoms with van der Waals surface area (Å²) < 4.78 is 4.51. The fourth-order valence-corrected chi connectivity index (χ4v) is 1.44. The molecule has 0 bridgehead atoms. The molecule has 2 unspecified atom stereocenters. The van der Waals surface area contributed by atoms with Crippen molar-refractivity contribution in [1.29, 1.82) is 0 Å². The highest BCUT2D eigenvalue weighted by molar-refractivity contribution is 5.96. The zero-order chi connectivity index (χ0) is 9.30. The molecule has 0 saturated carbocycles. The average molecular weight is 170 g/mol. The molecule has 3 nitrogen and oxygen atoms in total. The first-order chi connectivity index (χ1) is 5.52. The normalized spacial score (nSPS) is 29.7. The Labute approximate surface area is 72.1 Å². The Morgan fingerprint density at radius 3 is 2.25 bits per heavy atom. The number of carbonyl (C=O) groups excluding carboxylic acids is 2. The maximum absolute atomic E-state index is 11.1. The van der Waals surface area contributed by atoms with E-state index in [1.54, 1.807) is 6.92 Å². The summed E-state index contributed by atoms with van der Waals surface area (Å²) >= 11 is 0. The number of cyclic esters (lactones) is 2. The molecule has 68 valence electrons. The zero-order valence-electron chi connectivity index (χ0n) is 7.66. The summed E-state index contributed by atoms with van der Waals surface area (Å²) in [6.07, 6.45) is 0.742. The van der Waals surface area contributed by atoms with Crippen LogP contribution in [0.5, 0.6) is 0 Å². The van der Waals surface area contributed by atoms with Crippen molar-refractivity contribution in [3.63, 3.8) is 0 Å². The molecule has 0 aromatic heterocycles. The maximum Gasteiger partial charge on any atom is 0.317 e. The summed E-state index contributed by atoms with van der Waals surface area (Å²) in [6, 6.07) is 0. The lowest BCUT2D eigenvalue weighted by Gasteiger charge is -2.10. The first-order valence-corrected chi connectivity index (χ1v) is 4.28. The van der Waals surface area contributed by atoms with Gasteiger partial charge in [0.15, 0.2) is 0 Å². The minimum Gasteiger partial charge on any atom is -0.393 e. The number of rotatable bonds is 2. The van der Waals surface area contributed by atoms with E-state index in [0.717, 1.165) is 6.42 Å². The van der Waals surface area contributed by atoms with E-state index in [-0.39, 0.29) is 23.8 Å². The Bertz CT molecular complexity index is 208. The summed E-state index contributed by atoms with van der Waals surface area (Å²) in [5.41, 5.74) is 0. The van der Waals surface area contributed by atoms with E-state index in [0.29, 0.717) is 5.92 Å². The lowest BCUT2D eigenvalue weighted by Crippen LogP contribution is -2.16. The van der Waals surface area contributed by atoms with Crippen molar-refractivity contribution in [2.75, 3.05) is 0 Å². The molecule has 0 aliphatic carbocycles. The van der Waals surface area contributed by atoms with Gasteiger partial charge in [-0.2, -0.15) is 0 Å². The van der Waals surface area contributed by atoms with Gasteiger partial charge in [-0.3, -0.25) is 9.59 Å². The Morgan fingerprint density at radius 1 is 1.33 bits per heavy atom. The molecule has 1 rings (SSSR count). The maximum atomic E-state index is 11.1. The standard InChI is InChI=1S/C9H14O3/c1-5(2)4-7-6(3)8(10)12-9(7)11/h5-7H,4H2,1-3H3. The van der Waals surface area contributed by atoms with Crippen molar-refractivity contribution in [2.45, 2.75) is 27.2 Å². The fraction of sp³-hybridized carbons (Fsp3) is 0.778. The van der Waals surface area contributed by atoms with Crippen LogP contribution < -0.4 is 0 Å². The number of esters is 2. The molecule has 0 aromatic carbocycles. The van der Waals surface area contributed by atoms with E-state index in [2.05, 4.69) is 4.74 Å². The minimum atomic E-state index is -0.370. The molecule has 0 aromatic rings. The largest absolute Gasteiger partial charge is 0.393 e. The van der Waals surface area contributed by atoms with Crippen LogP contribution in [0.25, 0.3) is 0 Å². The van der Waals surface area contributed by atoms with Crippen LogP contribution in [0, 0.1) is 17.8 Å². The lowest BCUT2D eigenvalue weighted by atomic mass is 9.89. The summed E-state index contributed by atoms with van der Waals surface area (Å²) in [5, 5.41) is 0. The van der Waals surface area contributed by atoms with Crippen LogP contribution >= 0.6 is 0 Å². The third-order valence-electron chi connectivity index (χ3n) is 2.20. The van der Waals surface area contributed by atoms with Crippen molar-refractivity contribution in [3.8, 4) is 0 Å². The SMILES string of the molecule is CC(C)CC1C(=O)OC(=O)C1C. The topological polar surface area (TPSA) is 43.4 Å². The molecule has 0 radical (unpaired) electrons. The van der Waals surface area contributed by atoms with Gasteiger partial charge < -0.3 is 4.74 Å². The smallest absolute Gasteiger partial charge is 0.317 e. The number of hydrogen-bond donors (Lipinski definition) is 0. The van der Waals surface area contributed by atoms with E-state index >= 15 is 0 Å². The number of hydrogen-bond acceptors (Lipinski definition) is 3.